The standard InChI is InChI=1S/C26H17FN4O/c1-32-19-12-10-18(11-13-19)31-25-21-5-3-15-29-23(21)22-20(4-2-14-28-22)24(25)30-26(31)16-6-8-17(27)9-7-16/h2-15H,1H3. The molecular weight excluding hydrogens is 403 g/mol. The minimum absolute atomic E-state index is 0.287. The van der Waals surface area contributed by atoms with E-state index >= 15 is 0 Å². The van der Waals surface area contributed by atoms with Crippen molar-refractivity contribution >= 4 is 32.8 Å². The summed E-state index contributed by atoms with van der Waals surface area (Å²) in [5.74, 6) is 1.19. The molecule has 154 valence electrons. The summed E-state index contributed by atoms with van der Waals surface area (Å²) in [7, 11) is 1.64. The van der Waals surface area contributed by atoms with E-state index in [2.05, 4.69) is 14.5 Å². The summed E-state index contributed by atoms with van der Waals surface area (Å²) >= 11 is 0. The van der Waals surface area contributed by atoms with Crippen molar-refractivity contribution in [1.29, 1.82) is 0 Å². The number of nitrogens with zero attached hydrogens (tertiary/aromatic N) is 4. The molecule has 3 aromatic heterocycles. The van der Waals surface area contributed by atoms with Gasteiger partial charge in [0, 0.05) is 34.4 Å². The zero-order valence-electron chi connectivity index (χ0n) is 17.2. The molecule has 0 fully saturated rings. The quantitative estimate of drug-likeness (QED) is 0.333. The van der Waals surface area contributed by atoms with Crippen molar-refractivity contribution in [3.63, 3.8) is 0 Å². The first-order chi connectivity index (χ1) is 15.7. The van der Waals surface area contributed by atoms with Gasteiger partial charge in [0.15, 0.2) is 0 Å². The smallest absolute Gasteiger partial charge is 0.145 e. The Balaban J connectivity index is 1.81. The Labute approximate surface area is 182 Å². The predicted molar refractivity (Wildman–Crippen MR) is 124 cm³/mol. The van der Waals surface area contributed by atoms with Crippen molar-refractivity contribution in [3.8, 4) is 22.8 Å². The van der Waals surface area contributed by atoms with Crippen LogP contribution in [0.5, 0.6) is 5.75 Å². The van der Waals surface area contributed by atoms with E-state index in [9.17, 15) is 4.39 Å². The van der Waals surface area contributed by atoms with Crippen molar-refractivity contribution in [2.45, 2.75) is 0 Å². The molecule has 6 rings (SSSR count). The summed E-state index contributed by atoms with van der Waals surface area (Å²) in [5.41, 5.74) is 5.10. The first-order valence-corrected chi connectivity index (χ1v) is 10.2. The fourth-order valence-electron chi connectivity index (χ4n) is 4.20. The molecule has 5 nitrogen and oxygen atoms in total. The van der Waals surface area contributed by atoms with Gasteiger partial charge in [-0.2, -0.15) is 0 Å². The molecule has 32 heavy (non-hydrogen) atoms. The average molecular weight is 420 g/mol. The van der Waals surface area contributed by atoms with E-state index in [0.29, 0.717) is 5.82 Å². The molecule has 6 aromatic rings. The van der Waals surface area contributed by atoms with E-state index in [-0.39, 0.29) is 5.82 Å². The third-order valence-corrected chi connectivity index (χ3v) is 5.66. The van der Waals surface area contributed by atoms with Gasteiger partial charge >= 0.3 is 0 Å². The highest BCUT2D eigenvalue weighted by atomic mass is 19.1. The average Bonchev–Trinajstić information content (AvgIpc) is 3.26. The topological polar surface area (TPSA) is 52.8 Å². The number of fused-ring (bicyclic) bond motifs is 6. The number of aromatic nitrogens is 4. The molecule has 0 aliphatic rings. The molecule has 0 spiro atoms. The molecule has 3 heterocycles. The van der Waals surface area contributed by atoms with E-state index in [4.69, 9.17) is 9.72 Å². The lowest BCUT2D eigenvalue weighted by Crippen LogP contribution is -1.99. The van der Waals surface area contributed by atoms with Crippen molar-refractivity contribution < 1.29 is 9.13 Å². The largest absolute Gasteiger partial charge is 0.497 e. The van der Waals surface area contributed by atoms with Gasteiger partial charge < -0.3 is 4.74 Å². The molecule has 0 atom stereocenters. The molecule has 0 unspecified atom stereocenters. The van der Waals surface area contributed by atoms with Crippen LogP contribution in [0.15, 0.2) is 85.2 Å². The van der Waals surface area contributed by atoms with Crippen LogP contribution in [0.3, 0.4) is 0 Å². The minimum Gasteiger partial charge on any atom is -0.497 e. The number of hydrogen-bond acceptors (Lipinski definition) is 4. The Bertz CT molecular complexity index is 1610. The molecule has 0 radical (unpaired) electrons. The number of benzene rings is 3. The van der Waals surface area contributed by atoms with E-state index in [1.54, 1.807) is 31.6 Å². The third kappa shape index (κ3) is 2.73. The maximum absolute atomic E-state index is 13.7. The molecular formula is C26H17FN4O. The van der Waals surface area contributed by atoms with Crippen molar-refractivity contribution in [2.24, 2.45) is 0 Å². The van der Waals surface area contributed by atoms with Crippen LogP contribution in [0.4, 0.5) is 4.39 Å². The summed E-state index contributed by atoms with van der Waals surface area (Å²) in [4.78, 5) is 14.3. The molecule has 3 aromatic carbocycles. The Morgan fingerprint density at radius 2 is 1.41 bits per heavy atom. The maximum atomic E-state index is 13.7. The number of hydrogen-bond donors (Lipinski definition) is 0. The number of ether oxygens (including phenoxy) is 1. The fourth-order valence-corrected chi connectivity index (χ4v) is 4.20. The molecule has 6 heteroatoms. The van der Waals surface area contributed by atoms with Gasteiger partial charge in [-0.15, -0.1) is 0 Å². The van der Waals surface area contributed by atoms with Crippen LogP contribution < -0.4 is 4.74 Å². The minimum atomic E-state index is -0.287. The second-order valence-corrected chi connectivity index (χ2v) is 7.47. The van der Waals surface area contributed by atoms with Crippen molar-refractivity contribution in [2.75, 3.05) is 7.11 Å². The lowest BCUT2D eigenvalue weighted by Gasteiger charge is -2.12. The van der Waals surface area contributed by atoms with Crippen LogP contribution in [-0.2, 0) is 0 Å². The van der Waals surface area contributed by atoms with Crippen LogP contribution in [0, 0.1) is 5.82 Å². The normalized spacial score (nSPS) is 11.4. The molecule has 0 bridgehead atoms. The molecule has 0 N–H and O–H groups in total. The Morgan fingerprint density at radius 1 is 0.750 bits per heavy atom. The van der Waals surface area contributed by atoms with Crippen LogP contribution >= 0.6 is 0 Å². The second-order valence-electron chi connectivity index (χ2n) is 7.47. The lowest BCUT2D eigenvalue weighted by molar-refractivity contribution is 0.415. The maximum Gasteiger partial charge on any atom is 0.145 e. The summed E-state index contributed by atoms with van der Waals surface area (Å²) < 4.78 is 21.1. The summed E-state index contributed by atoms with van der Waals surface area (Å²) in [6.45, 7) is 0. The van der Waals surface area contributed by atoms with Gasteiger partial charge in [0.25, 0.3) is 0 Å². The monoisotopic (exact) mass is 420 g/mol. The number of rotatable bonds is 3. The van der Waals surface area contributed by atoms with Crippen molar-refractivity contribution in [3.05, 3.63) is 91.0 Å². The molecule has 0 aliphatic heterocycles. The van der Waals surface area contributed by atoms with Gasteiger partial charge in [0.2, 0.25) is 0 Å². The van der Waals surface area contributed by atoms with Crippen LogP contribution in [-0.4, -0.2) is 26.6 Å². The summed E-state index contributed by atoms with van der Waals surface area (Å²) in [6.07, 6.45) is 3.54. The number of methoxy groups -OCH3 is 1. The number of halogens is 1. The van der Waals surface area contributed by atoms with E-state index in [0.717, 1.165) is 49.8 Å². The highest BCUT2D eigenvalue weighted by molar-refractivity contribution is 6.21. The van der Waals surface area contributed by atoms with Crippen LogP contribution in [0.1, 0.15) is 0 Å². The predicted octanol–water partition coefficient (Wildman–Crippen LogP) is 5.94. The van der Waals surface area contributed by atoms with Crippen molar-refractivity contribution in [1.82, 2.24) is 19.5 Å². The van der Waals surface area contributed by atoms with E-state index in [1.165, 1.54) is 12.1 Å². The highest BCUT2D eigenvalue weighted by Gasteiger charge is 2.21. The van der Waals surface area contributed by atoms with E-state index < -0.39 is 0 Å². The first-order valence-electron chi connectivity index (χ1n) is 10.2. The van der Waals surface area contributed by atoms with E-state index in [1.807, 2.05) is 48.5 Å². The van der Waals surface area contributed by atoms with Gasteiger partial charge in [-0.3, -0.25) is 14.5 Å². The molecule has 0 amide bonds. The SMILES string of the molecule is COc1ccc(-n2c(-c3ccc(F)cc3)nc3c4cccnc4c4ncccc4c32)cc1. The highest BCUT2D eigenvalue weighted by Crippen LogP contribution is 2.37. The van der Waals surface area contributed by atoms with Gasteiger partial charge in [0.1, 0.15) is 17.4 Å². The van der Waals surface area contributed by atoms with Crippen LogP contribution in [0.25, 0.3) is 49.9 Å². The lowest BCUT2D eigenvalue weighted by atomic mass is 10.1. The Kier molecular flexibility index (Phi) is 4.11. The summed E-state index contributed by atoms with van der Waals surface area (Å²) in [5, 5.41) is 1.87. The second kappa shape index (κ2) is 7.13. The molecule has 0 saturated carbocycles. The summed E-state index contributed by atoms with van der Waals surface area (Å²) in [6, 6.07) is 22.1. The molecule has 0 aliphatic carbocycles. The zero-order chi connectivity index (χ0) is 21.7. The van der Waals surface area contributed by atoms with Gasteiger partial charge in [-0.25, -0.2) is 9.37 Å². The zero-order valence-corrected chi connectivity index (χ0v) is 17.2. The Morgan fingerprint density at radius 3 is 2.09 bits per heavy atom. The van der Waals surface area contributed by atoms with Gasteiger partial charge in [0.05, 0.1) is 29.2 Å². The number of imidazole rings is 1. The first kappa shape index (κ1) is 18.4. The Hall–Kier alpha value is -4.32. The van der Waals surface area contributed by atoms with Gasteiger partial charge in [-0.1, -0.05) is 0 Å². The third-order valence-electron chi connectivity index (χ3n) is 5.66. The van der Waals surface area contributed by atoms with Crippen LogP contribution in [0.2, 0.25) is 0 Å². The molecule has 0 saturated heterocycles. The van der Waals surface area contributed by atoms with Gasteiger partial charge in [-0.05, 0) is 72.8 Å². The number of pyridine rings is 2. The fraction of sp³-hybridized carbons (Fsp3) is 0.0385.